The number of nitrogens with zero attached hydrogens (tertiary/aromatic N) is 2. The zero-order valence-electron chi connectivity index (χ0n) is 13.4. The molecule has 0 spiro atoms. The third-order valence-corrected chi connectivity index (χ3v) is 4.71. The van der Waals surface area contributed by atoms with Crippen LogP contribution in [0.3, 0.4) is 0 Å². The Balaban J connectivity index is 2.07. The number of halogens is 3. The fourth-order valence-corrected chi connectivity index (χ4v) is 3.34. The van der Waals surface area contributed by atoms with Gasteiger partial charge in [-0.25, -0.2) is 13.9 Å². The summed E-state index contributed by atoms with van der Waals surface area (Å²) in [6, 6.07) is 2.30. The van der Waals surface area contributed by atoms with Gasteiger partial charge >= 0.3 is 5.97 Å². The van der Waals surface area contributed by atoms with Gasteiger partial charge in [-0.05, 0) is 25.0 Å². The summed E-state index contributed by atoms with van der Waals surface area (Å²) in [5.41, 5.74) is -0.334. The minimum Gasteiger partial charge on any atom is -0.480 e. The number of rotatable bonds is 4. The van der Waals surface area contributed by atoms with Crippen molar-refractivity contribution in [1.29, 1.82) is 0 Å². The van der Waals surface area contributed by atoms with Crippen molar-refractivity contribution in [2.24, 2.45) is 0 Å². The van der Waals surface area contributed by atoms with E-state index in [0.717, 1.165) is 18.9 Å². The second-order valence-corrected chi connectivity index (χ2v) is 6.32. The van der Waals surface area contributed by atoms with E-state index < -0.39 is 11.8 Å². The Morgan fingerprint density at radius 2 is 1.92 bits per heavy atom. The third kappa shape index (κ3) is 3.26. The van der Waals surface area contributed by atoms with E-state index in [2.05, 4.69) is 4.74 Å². The second kappa shape index (κ2) is 7.09. The van der Waals surface area contributed by atoms with E-state index in [4.69, 9.17) is 27.9 Å². The molecule has 6 nitrogen and oxygen atoms in total. The maximum Gasteiger partial charge on any atom is 0.343 e. The topological polar surface area (TPSA) is 62.5 Å². The molecule has 3 rings (SSSR count). The van der Waals surface area contributed by atoms with E-state index in [9.17, 15) is 14.0 Å². The summed E-state index contributed by atoms with van der Waals surface area (Å²) < 4.78 is 27.3. The second-order valence-electron chi connectivity index (χ2n) is 5.55. The van der Waals surface area contributed by atoms with Gasteiger partial charge in [0, 0.05) is 18.7 Å². The van der Waals surface area contributed by atoms with Gasteiger partial charge in [0.1, 0.15) is 16.7 Å². The predicted molar refractivity (Wildman–Crippen MR) is 90.9 cm³/mol. The van der Waals surface area contributed by atoms with E-state index in [0.29, 0.717) is 13.1 Å². The van der Waals surface area contributed by atoms with Crippen LogP contribution in [-0.2, 0) is 22.6 Å². The van der Waals surface area contributed by atoms with Crippen LogP contribution in [-0.4, -0.2) is 29.0 Å². The van der Waals surface area contributed by atoms with E-state index in [-0.39, 0.29) is 39.2 Å². The molecule has 0 saturated heterocycles. The Hall–Kier alpha value is -1.99. The number of ether oxygens (including phenoxy) is 2. The molecule has 0 bridgehead atoms. The van der Waals surface area contributed by atoms with Crippen molar-refractivity contribution in [3.63, 3.8) is 0 Å². The van der Waals surface area contributed by atoms with Crippen LogP contribution in [0.5, 0.6) is 5.75 Å². The standard InChI is InChI=1S/C16H15Cl2FN2O4/c1-24-13(22)8-25-12-6-9(11(19)7-10(12)17)14-15(18)20-4-2-3-5-21(20)16(14)23/h6-7H,2-5,8H2,1H3. The number of fused-ring (bicyclic) bond motifs is 1. The van der Waals surface area contributed by atoms with Crippen LogP contribution in [0.2, 0.25) is 10.2 Å². The third-order valence-electron chi connectivity index (χ3n) is 4.03. The summed E-state index contributed by atoms with van der Waals surface area (Å²) in [6.45, 7) is 0.731. The first kappa shape index (κ1) is 17.8. The van der Waals surface area contributed by atoms with Crippen molar-refractivity contribution in [1.82, 2.24) is 9.36 Å². The zero-order chi connectivity index (χ0) is 18.1. The summed E-state index contributed by atoms with van der Waals surface area (Å²) in [6.07, 6.45) is 1.75. The Morgan fingerprint density at radius 3 is 2.56 bits per heavy atom. The first-order chi connectivity index (χ1) is 11.9. The smallest absolute Gasteiger partial charge is 0.343 e. The lowest BCUT2D eigenvalue weighted by Crippen LogP contribution is -2.27. The molecule has 0 unspecified atom stereocenters. The largest absolute Gasteiger partial charge is 0.480 e. The highest BCUT2D eigenvalue weighted by molar-refractivity contribution is 6.33. The number of benzene rings is 1. The molecule has 1 aliphatic rings. The molecular formula is C16H15Cl2FN2O4. The summed E-state index contributed by atoms with van der Waals surface area (Å²) >= 11 is 12.3. The molecule has 0 fully saturated rings. The minimum absolute atomic E-state index is 0.0198. The maximum atomic E-state index is 14.5. The van der Waals surface area contributed by atoms with Crippen LogP contribution in [0.25, 0.3) is 11.1 Å². The summed E-state index contributed by atoms with van der Waals surface area (Å²) in [7, 11) is 1.22. The first-order valence-corrected chi connectivity index (χ1v) is 8.37. The Morgan fingerprint density at radius 1 is 1.24 bits per heavy atom. The van der Waals surface area contributed by atoms with Crippen molar-refractivity contribution >= 4 is 29.2 Å². The van der Waals surface area contributed by atoms with Gasteiger partial charge in [-0.1, -0.05) is 23.2 Å². The van der Waals surface area contributed by atoms with Crippen LogP contribution in [0.1, 0.15) is 12.8 Å². The minimum atomic E-state index is -0.696. The van der Waals surface area contributed by atoms with Crippen molar-refractivity contribution in [3.05, 3.63) is 38.5 Å². The summed E-state index contributed by atoms with van der Waals surface area (Å²) in [5.74, 6) is -1.24. The van der Waals surface area contributed by atoms with Gasteiger partial charge in [0.15, 0.2) is 6.61 Å². The van der Waals surface area contributed by atoms with Crippen LogP contribution >= 0.6 is 23.2 Å². The molecule has 0 saturated carbocycles. The molecule has 1 aliphatic heterocycles. The lowest BCUT2D eigenvalue weighted by Gasteiger charge is -2.17. The lowest BCUT2D eigenvalue weighted by atomic mass is 10.1. The van der Waals surface area contributed by atoms with Gasteiger partial charge in [0.2, 0.25) is 0 Å². The Bertz CT molecular complexity index is 891. The molecule has 134 valence electrons. The average Bonchev–Trinajstić information content (AvgIpc) is 2.86. The summed E-state index contributed by atoms with van der Waals surface area (Å²) in [4.78, 5) is 23.9. The molecule has 9 heteroatoms. The quantitative estimate of drug-likeness (QED) is 0.754. The van der Waals surface area contributed by atoms with Crippen molar-refractivity contribution in [2.75, 3.05) is 13.7 Å². The summed E-state index contributed by atoms with van der Waals surface area (Å²) in [5, 5.41) is 0.148. The van der Waals surface area contributed by atoms with Crippen molar-refractivity contribution in [2.45, 2.75) is 25.9 Å². The molecule has 25 heavy (non-hydrogen) atoms. The molecule has 2 aromatic rings. The number of carbonyl (C=O) groups is 1. The monoisotopic (exact) mass is 388 g/mol. The molecule has 1 aromatic heterocycles. The van der Waals surface area contributed by atoms with Gasteiger partial charge < -0.3 is 9.47 Å². The number of aromatic nitrogens is 2. The fourth-order valence-electron chi connectivity index (χ4n) is 2.78. The van der Waals surface area contributed by atoms with Crippen LogP contribution in [0, 0.1) is 5.82 Å². The molecule has 1 aromatic carbocycles. The zero-order valence-corrected chi connectivity index (χ0v) is 14.9. The number of methoxy groups -OCH3 is 1. The number of hydrogen-bond acceptors (Lipinski definition) is 4. The van der Waals surface area contributed by atoms with E-state index >= 15 is 0 Å². The molecule has 0 aliphatic carbocycles. The van der Waals surface area contributed by atoms with Gasteiger partial charge in [0.25, 0.3) is 5.56 Å². The highest BCUT2D eigenvalue weighted by atomic mass is 35.5. The molecule has 0 atom stereocenters. The number of carbonyl (C=O) groups excluding carboxylic acids is 1. The lowest BCUT2D eigenvalue weighted by molar-refractivity contribution is -0.142. The normalized spacial score (nSPS) is 13.4. The van der Waals surface area contributed by atoms with Gasteiger partial charge in [-0.3, -0.25) is 9.48 Å². The molecule has 0 radical (unpaired) electrons. The first-order valence-electron chi connectivity index (χ1n) is 7.62. The van der Waals surface area contributed by atoms with E-state index in [1.54, 1.807) is 4.68 Å². The average molecular weight is 389 g/mol. The number of hydrogen-bond donors (Lipinski definition) is 0. The fraction of sp³-hybridized carbons (Fsp3) is 0.375. The maximum absolute atomic E-state index is 14.5. The van der Waals surface area contributed by atoms with Crippen LogP contribution in [0.15, 0.2) is 16.9 Å². The predicted octanol–water partition coefficient (Wildman–Crippen LogP) is 3.11. The molecule has 0 amide bonds. The highest BCUT2D eigenvalue weighted by Crippen LogP contribution is 2.35. The van der Waals surface area contributed by atoms with Gasteiger partial charge in [-0.2, -0.15) is 0 Å². The van der Waals surface area contributed by atoms with Crippen LogP contribution in [0.4, 0.5) is 4.39 Å². The van der Waals surface area contributed by atoms with Gasteiger partial charge in [0.05, 0.1) is 17.7 Å². The van der Waals surface area contributed by atoms with Gasteiger partial charge in [-0.15, -0.1) is 0 Å². The SMILES string of the molecule is COC(=O)COc1cc(-c2c(Cl)n3n(c2=O)CCCC3)c(F)cc1Cl. The molecular weight excluding hydrogens is 374 g/mol. The van der Waals surface area contributed by atoms with Crippen molar-refractivity contribution < 1.29 is 18.7 Å². The van der Waals surface area contributed by atoms with Crippen LogP contribution < -0.4 is 10.3 Å². The Kier molecular flexibility index (Phi) is 5.06. The van der Waals surface area contributed by atoms with E-state index in [1.807, 2.05) is 0 Å². The highest BCUT2D eigenvalue weighted by Gasteiger charge is 2.25. The number of esters is 1. The molecule has 2 heterocycles. The van der Waals surface area contributed by atoms with E-state index in [1.165, 1.54) is 17.9 Å². The molecule has 0 N–H and O–H groups in total. The van der Waals surface area contributed by atoms with Crippen molar-refractivity contribution in [3.8, 4) is 16.9 Å². The Labute approximate surface area is 152 Å².